The van der Waals surface area contributed by atoms with E-state index in [1.54, 1.807) is 0 Å². The van der Waals surface area contributed by atoms with Gasteiger partial charge in [-0.3, -0.25) is 9.89 Å². The van der Waals surface area contributed by atoms with Crippen molar-refractivity contribution < 1.29 is 4.79 Å². The second-order valence-corrected chi connectivity index (χ2v) is 6.92. The standard InChI is InChI=1S/C18H24N4O/c1-2-3-12-4-5-14-15(10-12)20-21-17(14)18(23)19-16-11-22-8-6-13(16)7-9-22/h4-5,10,13,16H,2-3,6-9,11H2,1H3,(H,19,23)(H,20,21)/t16-/m1/s1. The van der Waals surface area contributed by atoms with Gasteiger partial charge in [0.25, 0.3) is 5.91 Å². The first kappa shape index (κ1) is 14.7. The summed E-state index contributed by atoms with van der Waals surface area (Å²) in [5.41, 5.74) is 2.77. The van der Waals surface area contributed by atoms with Crippen LogP contribution in [0.3, 0.4) is 0 Å². The normalized spacial score (nSPS) is 26.6. The number of nitrogens with one attached hydrogen (secondary N) is 2. The lowest BCUT2D eigenvalue weighted by molar-refractivity contribution is 0.0618. The van der Waals surface area contributed by atoms with Crippen LogP contribution in [0.25, 0.3) is 10.9 Å². The maximum Gasteiger partial charge on any atom is 0.272 e. The van der Waals surface area contributed by atoms with E-state index < -0.39 is 0 Å². The van der Waals surface area contributed by atoms with Gasteiger partial charge in [-0.1, -0.05) is 25.5 Å². The largest absolute Gasteiger partial charge is 0.346 e. The Kier molecular flexibility index (Phi) is 3.81. The number of nitrogens with zero attached hydrogens (tertiary/aromatic N) is 2. The highest BCUT2D eigenvalue weighted by Gasteiger charge is 2.35. The van der Waals surface area contributed by atoms with E-state index in [1.165, 1.54) is 31.5 Å². The Morgan fingerprint density at radius 2 is 2.22 bits per heavy atom. The molecule has 2 N–H and O–H groups in total. The number of carbonyl (C=O) groups excluding carboxylic acids is 1. The zero-order valence-electron chi connectivity index (χ0n) is 13.6. The third-order valence-corrected chi connectivity index (χ3v) is 5.35. The first-order valence-electron chi connectivity index (χ1n) is 8.75. The van der Waals surface area contributed by atoms with Gasteiger partial charge in [-0.15, -0.1) is 0 Å². The van der Waals surface area contributed by atoms with Crippen LogP contribution in [0.5, 0.6) is 0 Å². The molecule has 0 radical (unpaired) electrons. The molecular weight excluding hydrogens is 288 g/mol. The first-order chi connectivity index (χ1) is 11.2. The van der Waals surface area contributed by atoms with Crippen LogP contribution in [0.4, 0.5) is 0 Å². The number of fused-ring (bicyclic) bond motifs is 4. The summed E-state index contributed by atoms with van der Waals surface area (Å²) in [4.78, 5) is 15.1. The van der Waals surface area contributed by atoms with Crippen LogP contribution in [0.15, 0.2) is 18.2 Å². The van der Waals surface area contributed by atoms with Gasteiger partial charge < -0.3 is 10.2 Å². The Morgan fingerprint density at radius 1 is 1.39 bits per heavy atom. The molecule has 3 aliphatic heterocycles. The van der Waals surface area contributed by atoms with Gasteiger partial charge in [0.1, 0.15) is 0 Å². The minimum Gasteiger partial charge on any atom is -0.346 e. The van der Waals surface area contributed by atoms with Crippen LogP contribution in [-0.2, 0) is 6.42 Å². The van der Waals surface area contributed by atoms with Crippen LogP contribution in [0.1, 0.15) is 42.2 Å². The molecule has 5 nitrogen and oxygen atoms in total. The first-order valence-corrected chi connectivity index (χ1v) is 8.75. The number of hydrogen-bond acceptors (Lipinski definition) is 3. The number of carbonyl (C=O) groups is 1. The van der Waals surface area contributed by atoms with Crippen molar-refractivity contribution in [1.82, 2.24) is 20.4 Å². The summed E-state index contributed by atoms with van der Waals surface area (Å²) in [5, 5.41) is 11.4. The number of aryl methyl sites for hydroxylation is 1. The number of piperidine rings is 3. The molecule has 0 spiro atoms. The zero-order valence-corrected chi connectivity index (χ0v) is 13.6. The summed E-state index contributed by atoms with van der Waals surface area (Å²) in [6, 6.07) is 6.51. The summed E-state index contributed by atoms with van der Waals surface area (Å²) >= 11 is 0. The second kappa shape index (κ2) is 5.96. The average Bonchev–Trinajstić information content (AvgIpc) is 2.99. The van der Waals surface area contributed by atoms with Gasteiger partial charge >= 0.3 is 0 Å². The van der Waals surface area contributed by atoms with Crippen molar-refractivity contribution >= 4 is 16.8 Å². The Bertz CT molecular complexity index is 715. The van der Waals surface area contributed by atoms with Crippen molar-refractivity contribution in [3.05, 3.63) is 29.5 Å². The molecule has 1 aromatic heterocycles. The van der Waals surface area contributed by atoms with Crippen LogP contribution < -0.4 is 5.32 Å². The Labute approximate surface area is 136 Å². The van der Waals surface area contributed by atoms with Crippen molar-refractivity contribution in [2.24, 2.45) is 5.92 Å². The summed E-state index contributed by atoms with van der Waals surface area (Å²) in [6.07, 6.45) is 4.57. The molecule has 5 heteroatoms. The summed E-state index contributed by atoms with van der Waals surface area (Å²) in [6.45, 7) is 5.52. The van der Waals surface area contributed by atoms with Gasteiger partial charge in [-0.05, 0) is 49.9 Å². The fourth-order valence-corrected chi connectivity index (χ4v) is 4.05. The maximum absolute atomic E-state index is 12.7. The number of aromatic nitrogens is 2. The maximum atomic E-state index is 12.7. The number of rotatable bonds is 4. The van der Waals surface area contributed by atoms with Crippen molar-refractivity contribution in [3.8, 4) is 0 Å². The summed E-state index contributed by atoms with van der Waals surface area (Å²) in [7, 11) is 0. The minimum atomic E-state index is -0.0433. The van der Waals surface area contributed by atoms with E-state index in [9.17, 15) is 4.79 Å². The zero-order chi connectivity index (χ0) is 15.8. The predicted molar refractivity (Wildman–Crippen MR) is 90.5 cm³/mol. The monoisotopic (exact) mass is 312 g/mol. The van der Waals surface area contributed by atoms with E-state index in [1.807, 2.05) is 6.07 Å². The van der Waals surface area contributed by atoms with Crippen LogP contribution >= 0.6 is 0 Å². The van der Waals surface area contributed by atoms with Gasteiger partial charge in [0, 0.05) is 18.0 Å². The predicted octanol–water partition coefficient (Wildman–Crippen LogP) is 2.34. The molecule has 1 aromatic carbocycles. The molecule has 4 heterocycles. The van der Waals surface area contributed by atoms with Gasteiger partial charge in [0.15, 0.2) is 5.69 Å². The van der Waals surface area contributed by atoms with E-state index >= 15 is 0 Å². The smallest absolute Gasteiger partial charge is 0.272 e. The van der Waals surface area contributed by atoms with Crippen LogP contribution in [-0.4, -0.2) is 46.7 Å². The van der Waals surface area contributed by atoms with Crippen molar-refractivity contribution in [1.29, 1.82) is 0 Å². The molecule has 0 aliphatic carbocycles. The van der Waals surface area contributed by atoms with E-state index in [0.717, 1.165) is 30.3 Å². The van der Waals surface area contributed by atoms with E-state index in [4.69, 9.17) is 0 Å². The van der Waals surface area contributed by atoms with Crippen LogP contribution in [0.2, 0.25) is 0 Å². The molecule has 122 valence electrons. The molecule has 3 fully saturated rings. The van der Waals surface area contributed by atoms with Crippen molar-refractivity contribution in [3.63, 3.8) is 0 Å². The molecular formula is C18H24N4O. The molecule has 1 atom stereocenters. The molecule has 3 saturated heterocycles. The SMILES string of the molecule is CCCc1ccc2c(C(=O)N[C@@H]3CN4CCC3CC4)n[nH]c2c1. The van der Waals surface area contributed by atoms with Gasteiger partial charge in [-0.2, -0.15) is 5.10 Å². The van der Waals surface area contributed by atoms with E-state index in [2.05, 4.69) is 39.5 Å². The highest BCUT2D eigenvalue weighted by molar-refractivity contribution is 6.04. The Morgan fingerprint density at radius 3 is 2.91 bits per heavy atom. The van der Waals surface area contributed by atoms with Gasteiger partial charge in [0.05, 0.1) is 5.52 Å². The lowest BCUT2D eigenvalue weighted by Gasteiger charge is -2.44. The highest BCUT2D eigenvalue weighted by atomic mass is 16.2. The Balaban J connectivity index is 1.53. The minimum absolute atomic E-state index is 0.0433. The lowest BCUT2D eigenvalue weighted by Crippen LogP contribution is -2.57. The molecule has 23 heavy (non-hydrogen) atoms. The van der Waals surface area contributed by atoms with E-state index in [-0.39, 0.29) is 11.9 Å². The molecule has 2 bridgehead atoms. The number of amides is 1. The van der Waals surface area contributed by atoms with Crippen molar-refractivity contribution in [2.45, 2.75) is 38.6 Å². The number of benzene rings is 1. The number of H-pyrrole nitrogens is 1. The highest BCUT2D eigenvalue weighted by Crippen LogP contribution is 2.28. The molecule has 2 aromatic rings. The second-order valence-electron chi connectivity index (χ2n) is 6.92. The lowest BCUT2D eigenvalue weighted by atomic mass is 9.84. The summed E-state index contributed by atoms with van der Waals surface area (Å²) < 4.78 is 0. The molecule has 1 amide bonds. The van der Waals surface area contributed by atoms with Gasteiger partial charge in [0.2, 0.25) is 0 Å². The fraction of sp³-hybridized carbons (Fsp3) is 0.556. The van der Waals surface area contributed by atoms with Gasteiger partial charge in [-0.25, -0.2) is 0 Å². The molecule has 0 unspecified atom stereocenters. The molecule has 3 aliphatic rings. The van der Waals surface area contributed by atoms with Crippen LogP contribution in [0, 0.1) is 5.92 Å². The number of hydrogen-bond donors (Lipinski definition) is 2. The topological polar surface area (TPSA) is 61.0 Å². The van der Waals surface area contributed by atoms with E-state index in [0.29, 0.717) is 11.6 Å². The summed E-state index contributed by atoms with van der Waals surface area (Å²) in [5.74, 6) is 0.587. The Hall–Kier alpha value is -1.88. The third-order valence-electron chi connectivity index (χ3n) is 5.35. The fourth-order valence-electron chi connectivity index (χ4n) is 4.05. The third kappa shape index (κ3) is 2.74. The molecule has 5 rings (SSSR count). The average molecular weight is 312 g/mol. The number of aromatic amines is 1. The van der Waals surface area contributed by atoms with Crippen molar-refractivity contribution in [2.75, 3.05) is 19.6 Å². The molecule has 0 saturated carbocycles. The quantitative estimate of drug-likeness (QED) is 0.911.